The molecule has 10 heavy (non-hydrogen) atoms. The smallest absolute Gasteiger partial charge is 0.324 e. The van der Waals surface area contributed by atoms with Crippen LogP contribution in [0.4, 0.5) is 0 Å². The second-order valence-electron chi connectivity index (χ2n) is 2.34. The Morgan fingerprint density at radius 2 is 2.00 bits per heavy atom. The number of Topliss-reactive ketones (excluding diaryl/α,β-unsaturated/α-hetero) is 1. The van der Waals surface area contributed by atoms with Gasteiger partial charge in [0.15, 0.2) is 0 Å². The Morgan fingerprint density at radius 3 is 2.10 bits per heavy atom. The van der Waals surface area contributed by atoms with E-state index in [1.165, 1.54) is 13.8 Å². The van der Waals surface area contributed by atoms with E-state index in [1.54, 1.807) is 0 Å². The van der Waals surface area contributed by atoms with Crippen LogP contribution < -0.4 is 0 Å². The maximum atomic E-state index is 10.4. The lowest BCUT2D eigenvalue weighted by molar-refractivity contribution is -0.117. The first kappa shape index (κ1) is 9.82. The van der Waals surface area contributed by atoms with Gasteiger partial charge in [-0.1, -0.05) is 6.92 Å². The highest BCUT2D eigenvalue weighted by molar-refractivity contribution is 7.52. The summed E-state index contributed by atoms with van der Waals surface area (Å²) in [5.41, 5.74) is -0.843. The van der Waals surface area contributed by atoms with E-state index in [-0.39, 0.29) is 12.2 Å². The van der Waals surface area contributed by atoms with Gasteiger partial charge in [-0.2, -0.15) is 0 Å². The molecule has 1 unspecified atom stereocenters. The van der Waals surface area contributed by atoms with Gasteiger partial charge in [0.25, 0.3) is 0 Å². The number of hydrogen-bond donors (Lipinski definition) is 2. The summed E-state index contributed by atoms with van der Waals surface area (Å²) >= 11 is 0. The lowest BCUT2D eigenvalue weighted by Crippen LogP contribution is -2.07. The predicted molar refractivity (Wildman–Crippen MR) is 36.8 cm³/mol. The Bertz CT molecular complexity index is 170. The van der Waals surface area contributed by atoms with Crippen molar-refractivity contribution in [2.75, 3.05) is 0 Å². The third-order valence-electron chi connectivity index (χ3n) is 1.16. The molecule has 0 aromatic rings. The van der Waals surface area contributed by atoms with Crippen molar-refractivity contribution in [3.63, 3.8) is 0 Å². The third-order valence-corrected chi connectivity index (χ3v) is 2.49. The van der Waals surface area contributed by atoms with E-state index < -0.39 is 13.3 Å². The fourth-order valence-electron chi connectivity index (χ4n) is 0.535. The van der Waals surface area contributed by atoms with E-state index >= 15 is 0 Å². The summed E-state index contributed by atoms with van der Waals surface area (Å²) in [5, 5.41) is 0. The van der Waals surface area contributed by atoms with Gasteiger partial charge in [-0.05, 0) is 6.92 Å². The molecule has 0 radical (unpaired) electrons. The predicted octanol–water partition coefficient (Wildman–Crippen LogP) is 0.532. The molecule has 0 fully saturated rings. The van der Waals surface area contributed by atoms with Crippen molar-refractivity contribution in [3.8, 4) is 0 Å². The first-order valence-electron chi connectivity index (χ1n) is 2.88. The Hall–Kier alpha value is -0.180. The molecule has 1 atom stereocenters. The quantitative estimate of drug-likeness (QED) is 0.599. The summed E-state index contributed by atoms with van der Waals surface area (Å²) in [4.78, 5) is 27.3. The summed E-state index contributed by atoms with van der Waals surface area (Å²) in [5.74, 6) is -0.198. The molecule has 2 N–H and O–H groups in total. The first-order chi connectivity index (χ1) is 4.34. The summed E-state index contributed by atoms with van der Waals surface area (Å²) in [6.07, 6.45) is -0.0513. The summed E-state index contributed by atoms with van der Waals surface area (Å²) in [6, 6.07) is 0. The van der Waals surface area contributed by atoms with Crippen LogP contribution in [0.1, 0.15) is 20.3 Å². The van der Waals surface area contributed by atoms with E-state index in [0.717, 1.165) is 0 Å². The van der Waals surface area contributed by atoms with Crippen LogP contribution in [0.3, 0.4) is 0 Å². The normalized spacial score (nSPS) is 14.8. The molecule has 0 amide bonds. The molecule has 0 aliphatic carbocycles. The van der Waals surface area contributed by atoms with Crippen molar-refractivity contribution in [3.05, 3.63) is 0 Å². The minimum Gasteiger partial charge on any atom is -0.324 e. The van der Waals surface area contributed by atoms with Crippen LogP contribution in [0.5, 0.6) is 0 Å². The minimum atomic E-state index is -4.03. The van der Waals surface area contributed by atoms with E-state index in [9.17, 15) is 9.36 Å². The fourth-order valence-corrected chi connectivity index (χ4v) is 1.03. The molecule has 0 bridgehead atoms. The zero-order chi connectivity index (χ0) is 8.36. The topological polar surface area (TPSA) is 74.6 Å². The van der Waals surface area contributed by atoms with E-state index in [1.807, 2.05) is 0 Å². The number of ketones is 1. The maximum absolute atomic E-state index is 10.4. The highest BCUT2D eigenvalue weighted by Gasteiger charge is 2.24. The first-order valence-corrected chi connectivity index (χ1v) is 4.57. The van der Waals surface area contributed by atoms with Crippen molar-refractivity contribution in [1.29, 1.82) is 0 Å². The Balaban J connectivity index is 3.98. The Kier molecular flexibility index (Phi) is 3.22. The molecular weight excluding hydrogens is 155 g/mol. The number of carbonyl (C=O) groups is 1. The molecule has 5 heteroatoms. The van der Waals surface area contributed by atoms with Gasteiger partial charge in [0.2, 0.25) is 0 Å². The highest BCUT2D eigenvalue weighted by atomic mass is 31.2. The molecule has 0 spiro atoms. The molecule has 0 rings (SSSR count). The third kappa shape index (κ3) is 3.77. The van der Waals surface area contributed by atoms with Crippen molar-refractivity contribution < 1.29 is 19.1 Å². The molecule has 4 nitrogen and oxygen atoms in total. The molecule has 0 heterocycles. The van der Waals surface area contributed by atoms with Gasteiger partial charge in [-0.15, -0.1) is 0 Å². The van der Waals surface area contributed by atoms with Crippen molar-refractivity contribution in [1.82, 2.24) is 0 Å². The molecule has 60 valence electrons. The van der Waals surface area contributed by atoms with Gasteiger partial charge in [-0.25, -0.2) is 0 Å². The van der Waals surface area contributed by atoms with Crippen LogP contribution in [0.25, 0.3) is 0 Å². The van der Waals surface area contributed by atoms with Crippen molar-refractivity contribution >= 4 is 13.4 Å². The Labute approximate surface area is 59.4 Å². The summed E-state index contributed by atoms with van der Waals surface area (Å²) in [7, 11) is -4.03. The van der Waals surface area contributed by atoms with Crippen LogP contribution in [-0.4, -0.2) is 21.2 Å². The lowest BCUT2D eigenvalue weighted by atomic mass is 10.2. The van der Waals surface area contributed by atoms with Crippen LogP contribution in [0.2, 0.25) is 0 Å². The SMILES string of the molecule is CC(=O)CC(C)P(=O)(O)O. The average Bonchev–Trinajstić information content (AvgIpc) is 1.60. The largest absolute Gasteiger partial charge is 0.328 e. The second kappa shape index (κ2) is 3.28. The number of rotatable bonds is 3. The summed E-state index contributed by atoms with van der Waals surface area (Å²) < 4.78 is 10.4. The lowest BCUT2D eigenvalue weighted by Gasteiger charge is -2.10. The van der Waals surface area contributed by atoms with E-state index in [2.05, 4.69) is 0 Å². The zero-order valence-corrected chi connectivity index (χ0v) is 6.84. The summed E-state index contributed by atoms with van der Waals surface area (Å²) in [6.45, 7) is 2.67. The van der Waals surface area contributed by atoms with Gasteiger partial charge in [0, 0.05) is 6.42 Å². The van der Waals surface area contributed by atoms with Crippen molar-refractivity contribution in [2.45, 2.75) is 25.9 Å². The second-order valence-corrected chi connectivity index (χ2v) is 4.40. The molecule has 0 aromatic carbocycles. The van der Waals surface area contributed by atoms with Crippen LogP contribution in [0.15, 0.2) is 0 Å². The van der Waals surface area contributed by atoms with Crippen LogP contribution in [-0.2, 0) is 9.36 Å². The molecule has 0 aliphatic rings. The zero-order valence-electron chi connectivity index (χ0n) is 5.94. The van der Waals surface area contributed by atoms with E-state index in [0.29, 0.717) is 0 Å². The van der Waals surface area contributed by atoms with E-state index in [4.69, 9.17) is 9.79 Å². The standard InChI is InChI=1S/C5H11O4P/c1-4(6)3-5(2)10(7,8)9/h5H,3H2,1-2H3,(H2,7,8,9). The molecule has 0 saturated heterocycles. The van der Waals surface area contributed by atoms with Gasteiger partial charge in [0.1, 0.15) is 5.78 Å². The maximum Gasteiger partial charge on any atom is 0.328 e. The molecule has 0 saturated carbocycles. The average molecular weight is 166 g/mol. The van der Waals surface area contributed by atoms with Crippen LogP contribution >= 0.6 is 7.60 Å². The molecular formula is C5H11O4P. The fraction of sp³-hybridized carbons (Fsp3) is 0.800. The number of hydrogen-bond acceptors (Lipinski definition) is 2. The Morgan fingerprint density at radius 1 is 1.60 bits per heavy atom. The van der Waals surface area contributed by atoms with Gasteiger partial charge in [0.05, 0.1) is 5.66 Å². The number of carbonyl (C=O) groups excluding carboxylic acids is 1. The van der Waals surface area contributed by atoms with Crippen molar-refractivity contribution in [2.24, 2.45) is 0 Å². The monoisotopic (exact) mass is 166 g/mol. The molecule has 0 aromatic heterocycles. The van der Waals surface area contributed by atoms with Gasteiger partial charge in [-0.3, -0.25) is 4.57 Å². The molecule has 0 aliphatic heterocycles. The van der Waals surface area contributed by atoms with Gasteiger partial charge >= 0.3 is 7.60 Å². The van der Waals surface area contributed by atoms with Crippen LogP contribution in [0, 0.1) is 0 Å². The van der Waals surface area contributed by atoms with Gasteiger partial charge < -0.3 is 14.6 Å². The highest BCUT2D eigenvalue weighted by Crippen LogP contribution is 2.42. The minimum absolute atomic E-state index is 0.0513.